The van der Waals surface area contributed by atoms with Gasteiger partial charge in [-0.3, -0.25) is 14.8 Å². The number of hydrogen-bond acceptors (Lipinski definition) is 5. The van der Waals surface area contributed by atoms with Crippen molar-refractivity contribution in [3.63, 3.8) is 0 Å². The van der Waals surface area contributed by atoms with Crippen LogP contribution in [0.5, 0.6) is 0 Å². The van der Waals surface area contributed by atoms with E-state index in [0.29, 0.717) is 17.9 Å². The summed E-state index contributed by atoms with van der Waals surface area (Å²) in [6.45, 7) is 2.15. The van der Waals surface area contributed by atoms with E-state index in [4.69, 9.17) is 14.9 Å². The third-order valence-corrected chi connectivity index (χ3v) is 2.37. The van der Waals surface area contributed by atoms with Crippen LogP contribution in [0.1, 0.15) is 17.3 Å². The smallest absolute Gasteiger partial charge is 0.341 e. The number of aromatic nitrogens is 2. The number of benzene rings is 1. The van der Waals surface area contributed by atoms with Crippen molar-refractivity contribution in [3.05, 3.63) is 52.2 Å². The summed E-state index contributed by atoms with van der Waals surface area (Å²) in [6.07, 6.45) is 1.68. The summed E-state index contributed by atoms with van der Waals surface area (Å²) < 4.78 is 6.63. The molecule has 0 fully saturated rings. The summed E-state index contributed by atoms with van der Waals surface area (Å²) in [5.41, 5.74) is 2.07. The molecule has 0 aliphatic rings. The van der Waals surface area contributed by atoms with Gasteiger partial charge in [-0.05, 0) is 6.92 Å². The Morgan fingerprint density at radius 3 is 2.48 bits per heavy atom. The maximum atomic E-state index is 11.8. The maximum absolute atomic E-state index is 11.8. The van der Waals surface area contributed by atoms with Crippen LogP contribution >= 0.6 is 0 Å². The number of ether oxygens (including phenoxy) is 1. The predicted molar refractivity (Wildman–Crippen MR) is 77.5 cm³/mol. The quantitative estimate of drug-likeness (QED) is 0.491. The molecule has 0 aliphatic carbocycles. The van der Waals surface area contributed by atoms with Crippen molar-refractivity contribution in [2.45, 2.75) is 6.92 Å². The van der Waals surface area contributed by atoms with Gasteiger partial charge in [-0.2, -0.15) is 5.10 Å². The van der Waals surface area contributed by atoms with Gasteiger partial charge >= 0.3 is 5.97 Å². The summed E-state index contributed by atoms with van der Waals surface area (Å²) in [5.74, 6) is -0.334. The van der Waals surface area contributed by atoms with Crippen LogP contribution in [0.15, 0.2) is 36.5 Å². The molecule has 0 spiro atoms. The number of carbonyl (C=O) groups excluding carboxylic acids is 1. The predicted octanol–water partition coefficient (Wildman–Crippen LogP) is 2.16. The second-order valence-electron chi connectivity index (χ2n) is 4.09. The van der Waals surface area contributed by atoms with Gasteiger partial charge in [-0.25, -0.2) is 4.79 Å². The zero-order valence-electron chi connectivity index (χ0n) is 12.1. The molecule has 21 heavy (non-hydrogen) atoms. The van der Waals surface area contributed by atoms with E-state index in [1.165, 1.54) is 0 Å². The van der Waals surface area contributed by atoms with Gasteiger partial charge < -0.3 is 4.74 Å². The Morgan fingerprint density at radius 2 is 1.95 bits per heavy atom. The molecule has 0 aliphatic heterocycles. The van der Waals surface area contributed by atoms with Crippen LogP contribution in [0.2, 0.25) is 0 Å². The second kappa shape index (κ2) is 7.78. The van der Waals surface area contributed by atoms with Crippen molar-refractivity contribution in [1.29, 1.82) is 0 Å². The third-order valence-electron chi connectivity index (χ3n) is 2.37. The Labute approximate surface area is 122 Å². The average Bonchev–Trinajstić information content (AvgIpc) is 2.82. The number of nitro groups is 1. The summed E-state index contributed by atoms with van der Waals surface area (Å²) >= 11 is 0. The standard InChI is InChI=1S/C13H14N2O2.CH3NO2/c1-3-17-13(16)11-9-15(2)14-12(11)10-7-5-4-6-8-10;1-2(3)4/h4-9H,3H2,1-2H3;1H3. The van der Waals surface area contributed by atoms with Crippen LogP contribution < -0.4 is 0 Å². The Morgan fingerprint density at radius 1 is 1.38 bits per heavy atom. The number of aryl methyl sites for hydroxylation is 1. The van der Waals surface area contributed by atoms with Crippen LogP contribution in [0.4, 0.5) is 0 Å². The lowest BCUT2D eigenvalue weighted by molar-refractivity contribution is -0.445. The first kappa shape index (κ1) is 16.4. The minimum Gasteiger partial charge on any atom is -0.462 e. The van der Waals surface area contributed by atoms with E-state index in [0.717, 1.165) is 12.6 Å². The zero-order valence-corrected chi connectivity index (χ0v) is 12.1. The Balaban J connectivity index is 0.000000491. The lowest BCUT2D eigenvalue weighted by atomic mass is 10.1. The highest BCUT2D eigenvalue weighted by molar-refractivity contribution is 5.95. The first-order valence-corrected chi connectivity index (χ1v) is 6.29. The topological polar surface area (TPSA) is 87.3 Å². The van der Waals surface area contributed by atoms with Gasteiger partial charge in [0.1, 0.15) is 11.3 Å². The van der Waals surface area contributed by atoms with Crippen LogP contribution in [0.25, 0.3) is 11.3 Å². The molecule has 0 N–H and O–H groups in total. The molecule has 7 heteroatoms. The van der Waals surface area contributed by atoms with E-state index in [1.54, 1.807) is 24.9 Å². The minimum atomic E-state index is -0.500. The van der Waals surface area contributed by atoms with E-state index in [-0.39, 0.29) is 5.97 Å². The van der Waals surface area contributed by atoms with Crippen molar-refractivity contribution in [3.8, 4) is 11.3 Å². The highest BCUT2D eigenvalue weighted by atomic mass is 16.6. The summed E-state index contributed by atoms with van der Waals surface area (Å²) in [5, 5.41) is 13.1. The van der Waals surface area contributed by atoms with Crippen molar-refractivity contribution in [2.75, 3.05) is 13.7 Å². The number of esters is 1. The first-order valence-electron chi connectivity index (χ1n) is 6.29. The van der Waals surface area contributed by atoms with Gasteiger partial charge in [0, 0.05) is 23.7 Å². The van der Waals surface area contributed by atoms with Crippen LogP contribution in [0.3, 0.4) is 0 Å². The fourth-order valence-corrected chi connectivity index (χ4v) is 1.66. The molecule has 1 aromatic heterocycles. The third kappa shape index (κ3) is 5.06. The van der Waals surface area contributed by atoms with Crippen molar-refractivity contribution >= 4 is 5.97 Å². The number of carbonyl (C=O) groups is 1. The first-order chi connectivity index (χ1) is 9.95. The molecule has 1 heterocycles. The Hall–Kier alpha value is -2.70. The van der Waals surface area contributed by atoms with Crippen molar-refractivity contribution in [1.82, 2.24) is 9.78 Å². The monoisotopic (exact) mass is 291 g/mol. The molecule has 2 rings (SSSR count). The van der Waals surface area contributed by atoms with E-state index in [9.17, 15) is 4.79 Å². The highest BCUT2D eigenvalue weighted by Gasteiger charge is 2.17. The Bertz CT molecular complexity index is 604. The van der Waals surface area contributed by atoms with E-state index < -0.39 is 4.92 Å². The molecule has 7 nitrogen and oxygen atoms in total. The van der Waals surface area contributed by atoms with Crippen LogP contribution in [-0.2, 0) is 11.8 Å². The maximum Gasteiger partial charge on any atom is 0.341 e. The molecular weight excluding hydrogens is 274 g/mol. The molecular formula is C14H17N3O4. The van der Waals surface area contributed by atoms with Gasteiger partial charge in [0.05, 0.1) is 6.61 Å². The lowest BCUT2D eigenvalue weighted by Crippen LogP contribution is -2.04. The number of rotatable bonds is 3. The Kier molecular flexibility index (Phi) is 6.06. The van der Waals surface area contributed by atoms with Crippen LogP contribution in [0, 0.1) is 10.1 Å². The molecule has 0 bridgehead atoms. The van der Waals surface area contributed by atoms with Gasteiger partial charge in [-0.1, -0.05) is 30.3 Å². The van der Waals surface area contributed by atoms with Gasteiger partial charge in [0.25, 0.3) is 0 Å². The molecule has 0 saturated carbocycles. The molecule has 0 saturated heterocycles. The normalized spacial score (nSPS) is 9.48. The van der Waals surface area contributed by atoms with Crippen molar-refractivity contribution in [2.24, 2.45) is 7.05 Å². The summed E-state index contributed by atoms with van der Waals surface area (Å²) in [4.78, 5) is 20.1. The van der Waals surface area contributed by atoms with Gasteiger partial charge in [0.15, 0.2) is 7.05 Å². The highest BCUT2D eigenvalue weighted by Crippen LogP contribution is 2.22. The largest absolute Gasteiger partial charge is 0.462 e. The lowest BCUT2D eigenvalue weighted by Gasteiger charge is -2.01. The summed E-state index contributed by atoms with van der Waals surface area (Å²) in [6, 6.07) is 9.60. The molecule has 0 unspecified atom stereocenters. The molecule has 0 radical (unpaired) electrons. The fraction of sp³-hybridized carbons (Fsp3) is 0.286. The van der Waals surface area contributed by atoms with Crippen LogP contribution in [-0.4, -0.2) is 34.3 Å². The minimum absolute atomic E-state index is 0.334. The molecule has 2 aromatic rings. The van der Waals surface area contributed by atoms with E-state index >= 15 is 0 Å². The molecule has 1 aromatic carbocycles. The average molecular weight is 291 g/mol. The van der Waals surface area contributed by atoms with Gasteiger partial charge in [0.2, 0.25) is 0 Å². The van der Waals surface area contributed by atoms with E-state index in [1.807, 2.05) is 30.3 Å². The van der Waals surface area contributed by atoms with Gasteiger partial charge in [-0.15, -0.1) is 0 Å². The molecule has 0 atom stereocenters. The molecule has 0 amide bonds. The molecule has 112 valence electrons. The number of nitrogens with zero attached hydrogens (tertiary/aromatic N) is 3. The van der Waals surface area contributed by atoms with E-state index in [2.05, 4.69) is 5.10 Å². The van der Waals surface area contributed by atoms with Crippen molar-refractivity contribution < 1.29 is 14.5 Å². The second-order valence-corrected chi connectivity index (χ2v) is 4.09. The number of hydrogen-bond donors (Lipinski definition) is 0. The zero-order chi connectivity index (χ0) is 15.8. The fourth-order valence-electron chi connectivity index (χ4n) is 1.66. The SMILES string of the molecule is CCOC(=O)c1cn(C)nc1-c1ccccc1.C[N+](=O)[O-]. The summed E-state index contributed by atoms with van der Waals surface area (Å²) in [7, 11) is 2.68.